The molecule has 0 saturated heterocycles. The number of rotatable bonds is 6. The fourth-order valence-corrected chi connectivity index (χ4v) is 7.39. The number of unbranched alkanes of at least 4 members (excludes halogenated alkanes) is 6. The Morgan fingerprint density at radius 2 is 0.244 bits per heavy atom. The van der Waals surface area contributed by atoms with Crippen LogP contribution in [0.4, 0.5) is 0 Å². The van der Waals surface area contributed by atoms with Crippen molar-refractivity contribution in [3.05, 3.63) is 0 Å². The van der Waals surface area contributed by atoms with Gasteiger partial charge in [0.1, 0.15) is 0 Å². The summed E-state index contributed by atoms with van der Waals surface area (Å²) in [4.78, 5) is 0. The van der Waals surface area contributed by atoms with E-state index >= 15 is 0 Å². The number of hydrogen-bond acceptors (Lipinski definition) is 0. The summed E-state index contributed by atoms with van der Waals surface area (Å²) in [6.07, 6.45) is 64.0. The number of hydrogen-bond donors (Lipinski definition) is 0. The van der Waals surface area contributed by atoms with Crippen LogP contribution in [-0.2, 0) is 0 Å². The Morgan fingerprint density at radius 3 is 0.333 bits per heavy atom. The molecule has 45 heavy (non-hydrogen) atoms. The third-order valence-electron chi connectivity index (χ3n) is 10.7. The minimum atomic E-state index is 1.37. The van der Waals surface area contributed by atoms with Gasteiger partial charge in [0.15, 0.2) is 0 Å². The van der Waals surface area contributed by atoms with Crippen molar-refractivity contribution in [2.75, 3.05) is 0 Å². The first-order valence-corrected chi connectivity index (χ1v) is 22.4. The van der Waals surface area contributed by atoms with Crippen LogP contribution in [0.1, 0.15) is 290 Å². The zero-order chi connectivity index (χ0) is 32.4. The Kier molecular flexibility index (Phi) is 44.0. The topological polar surface area (TPSA) is 0 Å². The van der Waals surface area contributed by atoms with Gasteiger partial charge >= 0.3 is 0 Å². The second-order valence-electron chi connectivity index (χ2n) is 15.5. The first-order chi connectivity index (χ1) is 22.4. The zero-order valence-corrected chi connectivity index (χ0v) is 32.4. The van der Waals surface area contributed by atoms with Gasteiger partial charge < -0.3 is 0 Å². The molecular weight excluding hydrogens is 540 g/mol. The predicted octanol–water partition coefficient (Wildman–Crippen LogP) is 17.8. The average molecular weight is 633 g/mol. The van der Waals surface area contributed by atoms with Gasteiger partial charge in [-0.3, -0.25) is 0 Å². The summed E-state index contributed by atoms with van der Waals surface area (Å²) in [5.74, 6) is 0. The van der Waals surface area contributed by atoms with E-state index in [0.717, 1.165) is 0 Å². The third-order valence-corrected chi connectivity index (χ3v) is 10.7. The largest absolute Gasteiger partial charge is 0.0654 e. The smallest absolute Gasteiger partial charge is 0.0533 e. The molecule has 0 spiro atoms. The molecule has 4 saturated carbocycles. The van der Waals surface area contributed by atoms with Crippen molar-refractivity contribution < 1.29 is 0 Å². The quantitative estimate of drug-likeness (QED) is 0.256. The van der Waals surface area contributed by atoms with E-state index in [4.69, 9.17) is 0 Å². The minimum absolute atomic E-state index is 1.37. The van der Waals surface area contributed by atoms with Crippen molar-refractivity contribution in [1.29, 1.82) is 0 Å². The first kappa shape index (κ1) is 45.0. The second kappa shape index (κ2) is 44.0. The Bertz CT molecular complexity index is 331. The monoisotopic (exact) mass is 633 g/mol. The third kappa shape index (κ3) is 44.0. The molecule has 0 bridgehead atoms. The van der Waals surface area contributed by atoms with Crippen molar-refractivity contribution in [3.63, 3.8) is 0 Å². The molecule has 4 aliphatic carbocycles. The molecule has 272 valence electrons. The molecule has 4 fully saturated rings. The van der Waals surface area contributed by atoms with Crippen LogP contribution in [0, 0.1) is 0 Å². The summed E-state index contributed by atoms with van der Waals surface area (Å²) < 4.78 is 0. The summed E-state index contributed by atoms with van der Waals surface area (Å²) in [5.41, 5.74) is 0. The molecular formula is C45H92. The summed E-state index contributed by atoms with van der Waals surface area (Å²) in [5, 5.41) is 0. The molecule has 0 aliphatic heterocycles. The molecule has 0 heteroatoms. The highest BCUT2D eigenvalue weighted by atomic mass is 14.0. The molecule has 0 radical (unpaired) electrons. The fourth-order valence-electron chi connectivity index (χ4n) is 7.39. The Labute approximate surface area is 289 Å². The van der Waals surface area contributed by atoms with Gasteiger partial charge in [0, 0.05) is 0 Å². The van der Waals surface area contributed by atoms with Crippen LogP contribution in [0.15, 0.2) is 0 Å². The van der Waals surface area contributed by atoms with Gasteiger partial charge in [0.05, 0.1) is 0 Å². The van der Waals surface area contributed by atoms with Gasteiger partial charge in [0.2, 0.25) is 0 Å². The highest BCUT2D eigenvalue weighted by Gasteiger charge is 1.98. The van der Waals surface area contributed by atoms with Crippen molar-refractivity contribution in [2.45, 2.75) is 290 Å². The van der Waals surface area contributed by atoms with Gasteiger partial charge in [-0.2, -0.15) is 0 Å². The van der Waals surface area contributed by atoms with E-state index in [1.165, 1.54) is 276 Å². The van der Waals surface area contributed by atoms with Crippen LogP contribution in [0.2, 0.25) is 0 Å². The predicted molar refractivity (Wildman–Crippen MR) is 210 cm³/mol. The van der Waals surface area contributed by atoms with E-state index in [9.17, 15) is 0 Å². The fraction of sp³-hybridized carbons (Fsp3) is 1.00. The highest BCUT2D eigenvalue weighted by Crippen LogP contribution is 2.18. The van der Waals surface area contributed by atoms with Crippen LogP contribution >= 0.6 is 0 Å². The lowest BCUT2D eigenvalue weighted by atomic mass is 10.0. The van der Waals surface area contributed by atoms with Gasteiger partial charge in [0.25, 0.3) is 0 Å². The van der Waals surface area contributed by atoms with E-state index in [2.05, 4.69) is 13.8 Å². The molecule has 4 aliphatic rings. The minimum Gasteiger partial charge on any atom is -0.0654 e. The van der Waals surface area contributed by atoms with Crippen LogP contribution < -0.4 is 0 Å². The molecule has 0 heterocycles. The Morgan fingerprint density at radius 1 is 0.156 bits per heavy atom. The lowest BCUT2D eigenvalue weighted by Crippen LogP contribution is -1.85. The highest BCUT2D eigenvalue weighted by molar-refractivity contribution is 4.54. The molecule has 0 aromatic heterocycles. The Hall–Kier alpha value is 0. The van der Waals surface area contributed by atoms with Gasteiger partial charge in [-0.25, -0.2) is 0 Å². The molecule has 0 aromatic rings. The van der Waals surface area contributed by atoms with E-state index in [1.807, 2.05) is 0 Å². The summed E-state index contributed by atoms with van der Waals surface area (Å²) in [7, 11) is 0. The summed E-state index contributed by atoms with van der Waals surface area (Å²) >= 11 is 0. The van der Waals surface area contributed by atoms with E-state index in [1.54, 1.807) is 0 Å². The normalized spacial score (nSPS) is 21.2. The maximum Gasteiger partial charge on any atom is -0.0533 e. The lowest BCUT2D eigenvalue weighted by Gasteiger charge is -2.05. The van der Waals surface area contributed by atoms with Crippen molar-refractivity contribution in [3.8, 4) is 0 Å². The lowest BCUT2D eigenvalue weighted by molar-refractivity contribution is 0.504. The molecule has 0 unspecified atom stereocenters. The van der Waals surface area contributed by atoms with Gasteiger partial charge in [-0.15, -0.1) is 0 Å². The van der Waals surface area contributed by atoms with Crippen LogP contribution in [-0.4, -0.2) is 0 Å². The van der Waals surface area contributed by atoms with Crippen molar-refractivity contribution in [1.82, 2.24) is 0 Å². The second-order valence-corrected chi connectivity index (χ2v) is 15.5. The van der Waals surface area contributed by atoms with Crippen molar-refractivity contribution in [2.24, 2.45) is 0 Å². The van der Waals surface area contributed by atoms with E-state index in [0.29, 0.717) is 0 Å². The molecule has 0 aromatic carbocycles. The maximum atomic E-state index is 2.26. The summed E-state index contributed by atoms with van der Waals surface area (Å²) in [6, 6.07) is 0. The van der Waals surface area contributed by atoms with Crippen LogP contribution in [0.5, 0.6) is 0 Å². The molecule has 0 atom stereocenters. The van der Waals surface area contributed by atoms with Crippen LogP contribution in [0.25, 0.3) is 0 Å². The summed E-state index contributed by atoms with van der Waals surface area (Å²) in [6.45, 7) is 4.53. The molecule has 0 N–H and O–H groups in total. The zero-order valence-electron chi connectivity index (χ0n) is 32.4. The maximum absolute atomic E-state index is 2.26. The Balaban J connectivity index is 0.000000558. The van der Waals surface area contributed by atoms with Crippen molar-refractivity contribution >= 4 is 0 Å². The molecule has 0 amide bonds. The molecule has 0 nitrogen and oxygen atoms in total. The SMILES string of the molecule is C1CCCCC1.C1CCCCC1.C1CCCCCCCCC1.C1CCCCCCCCCCCCC1.CCCCCCCCC. The van der Waals surface area contributed by atoms with E-state index in [-0.39, 0.29) is 0 Å². The first-order valence-electron chi connectivity index (χ1n) is 22.4. The van der Waals surface area contributed by atoms with Crippen LogP contribution in [0.3, 0.4) is 0 Å². The van der Waals surface area contributed by atoms with Gasteiger partial charge in [-0.05, 0) is 0 Å². The van der Waals surface area contributed by atoms with E-state index < -0.39 is 0 Å². The molecule has 4 rings (SSSR count). The standard InChI is InChI=1S/C14H28.C10H20.C9H20.2C6H12/c1-2-4-6-8-10-12-14-13-11-9-7-5-3-1;1-2-4-6-8-10-9-7-5-3-1;1-3-5-7-9-8-6-4-2;2*1-2-4-6-5-3-1/h1-14H2;1-10H2;3-9H2,1-2H3;2*1-6H2. The van der Waals surface area contributed by atoms with Gasteiger partial charge in [-0.1, -0.05) is 290 Å². The average Bonchev–Trinajstić information content (AvgIpc) is 3.11.